The standard InChI is InChI=1S/C28H38N4O/c1-6-7-15-30-23(3)25-8-10-26(11-9-25)27-12-16-32(17-13-27)22(2)19-31-18-14-28(20-31,21-33-5)24(4)29/h6-12,15H,2-4,13-14,16-21,29H2,1,5H3/b7-6-,30-15?. The lowest BCUT2D eigenvalue weighted by molar-refractivity contribution is 0.106. The highest BCUT2D eigenvalue weighted by Gasteiger charge is 2.40. The predicted octanol–water partition coefficient (Wildman–Crippen LogP) is 4.72. The minimum atomic E-state index is -0.139. The van der Waals surface area contributed by atoms with Crippen LogP contribution in [0.5, 0.6) is 0 Å². The minimum absolute atomic E-state index is 0.139. The lowest BCUT2D eigenvalue weighted by atomic mass is 9.85. The van der Waals surface area contributed by atoms with Crippen LogP contribution in [0.3, 0.4) is 0 Å². The molecular formula is C28H38N4O. The average molecular weight is 447 g/mol. The Hall–Kier alpha value is -2.89. The SMILES string of the molecule is C=C(N=C/C=C\C)c1ccc(C2=CCN(C(=C)CN3CCC(COC)(C(=C)N)C3)CC2)cc1. The molecule has 1 saturated heterocycles. The van der Waals surface area contributed by atoms with E-state index >= 15 is 0 Å². The van der Waals surface area contributed by atoms with Gasteiger partial charge >= 0.3 is 0 Å². The fourth-order valence-electron chi connectivity index (χ4n) is 4.59. The molecule has 176 valence electrons. The van der Waals surface area contributed by atoms with Crippen LogP contribution >= 0.6 is 0 Å². The fourth-order valence-corrected chi connectivity index (χ4v) is 4.59. The average Bonchev–Trinajstić information content (AvgIpc) is 3.23. The van der Waals surface area contributed by atoms with Gasteiger partial charge in [0.05, 0.1) is 12.3 Å². The highest BCUT2D eigenvalue weighted by Crippen LogP contribution is 2.35. The predicted molar refractivity (Wildman–Crippen MR) is 141 cm³/mol. The first kappa shape index (κ1) is 24.7. The summed E-state index contributed by atoms with van der Waals surface area (Å²) in [6, 6.07) is 8.53. The summed E-state index contributed by atoms with van der Waals surface area (Å²) < 4.78 is 5.43. The van der Waals surface area contributed by atoms with Crippen LogP contribution in [-0.4, -0.2) is 62.5 Å². The van der Waals surface area contributed by atoms with Crippen molar-refractivity contribution >= 4 is 17.5 Å². The first-order chi connectivity index (χ1) is 15.9. The molecule has 1 fully saturated rings. The van der Waals surface area contributed by atoms with Crippen LogP contribution in [0.25, 0.3) is 11.3 Å². The molecule has 0 radical (unpaired) electrons. The van der Waals surface area contributed by atoms with Crippen molar-refractivity contribution in [2.75, 3.05) is 46.4 Å². The van der Waals surface area contributed by atoms with E-state index in [0.717, 1.165) is 68.2 Å². The Bertz CT molecular complexity index is 957. The lowest BCUT2D eigenvalue weighted by Crippen LogP contribution is -2.38. The van der Waals surface area contributed by atoms with Gasteiger partial charge in [-0.3, -0.25) is 9.89 Å². The number of ether oxygens (including phenoxy) is 1. The van der Waals surface area contributed by atoms with Gasteiger partial charge in [-0.05, 0) is 49.1 Å². The van der Waals surface area contributed by atoms with Crippen molar-refractivity contribution in [3.05, 3.63) is 84.8 Å². The van der Waals surface area contributed by atoms with Gasteiger partial charge in [0.2, 0.25) is 0 Å². The van der Waals surface area contributed by atoms with Gasteiger partial charge in [-0.25, -0.2) is 0 Å². The molecule has 1 unspecified atom stereocenters. The monoisotopic (exact) mass is 446 g/mol. The van der Waals surface area contributed by atoms with Gasteiger partial charge < -0.3 is 15.4 Å². The zero-order valence-electron chi connectivity index (χ0n) is 20.2. The van der Waals surface area contributed by atoms with E-state index in [-0.39, 0.29) is 5.41 Å². The van der Waals surface area contributed by atoms with E-state index in [1.54, 1.807) is 13.3 Å². The number of rotatable bonds is 10. The first-order valence-corrected chi connectivity index (χ1v) is 11.6. The van der Waals surface area contributed by atoms with Gasteiger partial charge in [0.1, 0.15) is 0 Å². The molecule has 0 spiro atoms. The van der Waals surface area contributed by atoms with Crippen LogP contribution in [-0.2, 0) is 4.74 Å². The molecule has 1 atom stereocenters. The summed E-state index contributed by atoms with van der Waals surface area (Å²) in [5, 5.41) is 0. The number of allylic oxidation sites excluding steroid dienone is 2. The molecule has 5 nitrogen and oxygen atoms in total. The molecule has 2 aliphatic heterocycles. The van der Waals surface area contributed by atoms with Crippen LogP contribution < -0.4 is 5.73 Å². The molecular weight excluding hydrogens is 408 g/mol. The van der Waals surface area contributed by atoms with Crippen molar-refractivity contribution in [3.8, 4) is 0 Å². The number of nitrogens with two attached hydrogens (primary N) is 1. The Morgan fingerprint density at radius 3 is 2.58 bits per heavy atom. The molecule has 1 aromatic carbocycles. The van der Waals surface area contributed by atoms with Crippen molar-refractivity contribution in [1.29, 1.82) is 0 Å². The number of likely N-dealkylation sites (tertiary alicyclic amines) is 1. The molecule has 0 amide bonds. The highest BCUT2D eigenvalue weighted by molar-refractivity contribution is 5.79. The summed E-state index contributed by atoms with van der Waals surface area (Å²) in [4.78, 5) is 9.16. The largest absolute Gasteiger partial charge is 0.402 e. The van der Waals surface area contributed by atoms with Crippen molar-refractivity contribution in [2.24, 2.45) is 16.1 Å². The van der Waals surface area contributed by atoms with Crippen molar-refractivity contribution in [1.82, 2.24) is 9.80 Å². The molecule has 2 heterocycles. The molecule has 3 rings (SSSR count). The van der Waals surface area contributed by atoms with Crippen molar-refractivity contribution < 1.29 is 4.74 Å². The second kappa shape index (κ2) is 11.3. The van der Waals surface area contributed by atoms with Gasteiger partial charge in [-0.15, -0.1) is 0 Å². The van der Waals surface area contributed by atoms with Crippen molar-refractivity contribution in [2.45, 2.75) is 19.8 Å². The van der Waals surface area contributed by atoms with Crippen molar-refractivity contribution in [3.63, 3.8) is 0 Å². The van der Waals surface area contributed by atoms with Crippen LogP contribution in [0.4, 0.5) is 0 Å². The van der Waals surface area contributed by atoms with Crippen LogP contribution in [0.15, 0.2) is 78.6 Å². The minimum Gasteiger partial charge on any atom is -0.402 e. The maximum absolute atomic E-state index is 6.12. The normalized spacial score (nSPS) is 21.6. The molecule has 0 aromatic heterocycles. The van der Waals surface area contributed by atoms with Gasteiger partial charge in [0.25, 0.3) is 0 Å². The Balaban J connectivity index is 1.55. The summed E-state index contributed by atoms with van der Waals surface area (Å²) in [6.45, 7) is 19.6. The van der Waals surface area contributed by atoms with Gasteiger partial charge in [-0.1, -0.05) is 56.2 Å². The Kier molecular flexibility index (Phi) is 8.48. The number of aliphatic imine (C=N–C) groups is 1. The molecule has 2 aliphatic rings. The highest BCUT2D eigenvalue weighted by atomic mass is 16.5. The van der Waals surface area contributed by atoms with E-state index in [4.69, 9.17) is 10.5 Å². The molecule has 0 bridgehead atoms. The third-order valence-corrected chi connectivity index (χ3v) is 6.69. The zero-order valence-corrected chi connectivity index (χ0v) is 20.2. The second-order valence-electron chi connectivity index (χ2n) is 9.02. The number of hydrogen-bond donors (Lipinski definition) is 1. The molecule has 0 aliphatic carbocycles. The maximum Gasteiger partial charge on any atom is 0.0630 e. The third kappa shape index (κ3) is 6.12. The van der Waals surface area contributed by atoms with E-state index in [2.05, 4.69) is 64.9 Å². The zero-order chi connectivity index (χ0) is 23.8. The topological polar surface area (TPSA) is 54.1 Å². The van der Waals surface area contributed by atoms with Crippen LogP contribution in [0.2, 0.25) is 0 Å². The van der Waals surface area contributed by atoms with E-state index in [1.165, 1.54) is 11.1 Å². The van der Waals surface area contributed by atoms with Crippen LogP contribution in [0.1, 0.15) is 30.9 Å². The Morgan fingerprint density at radius 1 is 1.21 bits per heavy atom. The summed E-state index contributed by atoms with van der Waals surface area (Å²) >= 11 is 0. The van der Waals surface area contributed by atoms with E-state index < -0.39 is 0 Å². The van der Waals surface area contributed by atoms with Crippen LogP contribution in [0, 0.1) is 5.41 Å². The molecule has 33 heavy (non-hydrogen) atoms. The quantitative estimate of drug-likeness (QED) is 0.529. The molecule has 5 heteroatoms. The molecule has 1 aromatic rings. The van der Waals surface area contributed by atoms with Gasteiger partial charge in [0, 0.05) is 56.3 Å². The number of benzene rings is 1. The third-order valence-electron chi connectivity index (χ3n) is 6.69. The van der Waals surface area contributed by atoms with E-state index in [1.807, 2.05) is 19.1 Å². The van der Waals surface area contributed by atoms with Gasteiger partial charge in [0.15, 0.2) is 0 Å². The number of methoxy groups -OCH3 is 1. The Morgan fingerprint density at radius 2 is 1.97 bits per heavy atom. The summed E-state index contributed by atoms with van der Waals surface area (Å²) in [5.41, 5.74) is 12.3. The second-order valence-corrected chi connectivity index (χ2v) is 9.02. The molecule has 2 N–H and O–H groups in total. The number of nitrogens with zero attached hydrogens (tertiary/aromatic N) is 3. The summed E-state index contributed by atoms with van der Waals surface area (Å²) in [5.74, 6) is 0. The first-order valence-electron chi connectivity index (χ1n) is 11.6. The smallest absolute Gasteiger partial charge is 0.0630 e. The fraction of sp³-hybridized carbons (Fsp3) is 0.393. The lowest BCUT2D eigenvalue weighted by Gasteiger charge is -2.33. The molecule has 0 saturated carbocycles. The number of hydrogen-bond acceptors (Lipinski definition) is 5. The Labute approximate surface area is 199 Å². The maximum atomic E-state index is 6.12. The van der Waals surface area contributed by atoms with Gasteiger partial charge in [-0.2, -0.15) is 0 Å². The summed E-state index contributed by atoms with van der Waals surface area (Å²) in [7, 11) is 1.73. The summed E-state index contributed by atoms with van der Waals surface area (Å²) in [6.07, 6.45) is 9.93. The van der Waals surface area contributed by atoms with E-state index in [0.29, 0.717) is 6.61 Å². The van der Waals surface area contributed by atoms with E-state index in [9.17, 15) is 0 Å².